The summed E-state index contributed by atoms with van der Waals surface area (Å²) >= 11 is 0. The lowest BCUT2D eigenvalue weighted by molar-refractivity contribution is -0.139. The summed E-state index contributed by atoms with van der Waals surface area (Å²) in [7, 11) is 0. The smallest absolute Gasteiger partial charge is 0.302 e. The molecule has 0 radical (unpaired) electrons. The summed E-state index contributed by atoms with van der Waals surface area (Å²) in [6.45, 7) is 1.25. The molecule has 0 amide bonds. The first-order valence-electron chi connectivity index (χ1n) is 6.99. The highest BCUT2D eigenvalue weighted by molar-refractivity contribution is 6.12. The molecule has 0 N–H and O–H groups in total. The molecular formula is C19H14O3. The Bertz CT molecular complexity index is 864. The zero-order valence-corrected chi connectivity index (χ0v) is 12.1. The Morgan fingerprint density at radius 1 is 1.00 bits per heavy atom. The molecule has 3 rings (SSSR count). The van der Waals surface area contributed by atoms with Crippen LogP contribution < -0.4 is 0 Å². The Kier molecular flexibility index (Phi) is 3.73. The highest BCUT2D eigenvalue weighted by Gasteiger charge is 2.13. The van der Waals surface area contributed by atoms with E-state index in [9.17, 15) is 9.59 Å². The summed E-state index contributed by atoms with van der Waals surface area (Å²) in [6.07, 6.45) is 0. The van der Waals surface area contributed by atoms with Crippen molar-refractivity contribution in [2.75, 3.05) is 6.61 Å². The molecule has 0 saturated carbocycles. The molecule has 0 aliphatic rings. The second-order valence-corrected chi connectivity index (χ2v) is 5.05. The number of benzene rings is 3. The Morgan fingerprint density at radius 3 is 2.05 bits per heavy atom. The normalized spacial score (nSPS) is 10.4. The van der Waals surface area contributed by atoms with E-state index in [1.807, 2.05) is 54.5 Å². The maximum absolute atomic E-state index is 11.5. The van der Waals surface area contributed by atoms with Gasteiger partial charge in [-0.2, -0.15) is 0 Å². The Morgan fingerprint density at radius 2 is 1.55 bits per heavy atom. The standard InChI is InChI=1S/C19H14O3/c1-13(21)22-12-16(11-20)19-17-8-4-2-6-14(17)10-15-7-3-5-9-18(15)19/h2-10H,12H2,1H3. The van der Waals surface area contributed by atoms with Crippen LogP contribution in [0.5, 0.6) is 0 Å². The Balaban J connectivity index is 2.32. The highest BCUT2D eigenvalue weighted by atomic mass is 16.5. The van der Waals surface area contributed by atoms with Gasteiger partial charge in [-0.05, 0) is 27.6 Å². The Labute approximate surface area is 127 Å². The first kappa shape index (κ1) is 14.1. The first-order chi connectivity index (χ1) is 10.7. The van der Waals surface area contributed by atoms with Crippen molar-refractivity contribution in [1.29, 1.82) is 0 Å². The maximum Gasteiger partial charge on any atom is 0.302 e. The number of carbonyl (C=O) groups is 1. The van der Waals surface area contributed by atoms with Gasteiger partial charge in [0.05, 0.1) is 5.57 Å². The Hall–Kier alpha value is -2.90. The summed E-state index contributed by atoms with van der Waals surface area (Å²) in [6, 6.07) is 17.8. The van der Waals surface area contributed by atoms with Crippen LogP contribution in [0.25, 0.3) is 27.1 Å². The number of carbonyl (C=O) groups excluding carboxylic acids is 2. The molecule has 0 unspecified atom stereocenters. The van der Waals surface area contributed by atoms with E-state index < -0.39 is 5.97 Å². The molecule has 0 fully saturated rings. The van der Waals surface area contributed by atoms with Crippen molar-refractivity contribution < 1.29 is 14.3 Å². The summed E-state index contributed by atoms with van der Waals surface area (Å²) in [5.74, 6) is 1.53. The van der Waals surface area contributed by atoms with Crippen molar-refractivity contribution >= 4 is 39.0 Å². The summed E-state index contributed by atoms with van der Waals surface area (Å²) < 4.78 is 5.01. The lowest BCUT2D eigenvalue weighted by atomic mass is 9.93. The number of fused-ring (bicyclic) bond motifs is 2. The number of rotatable bonds is 3. The van der Waals surface area contributed by atoms with Gasteiger partial charge in [0.15, 0.2) is 0 Å². The molecule has 0 atom stereocenters. The molecule has 22 heavy (non-hydrogen) atoms. The zero-order chi connectivity index (χ0) is 15.5. The highest BCUT2D eigenvalue weighted by Crippen LogP contribution is 2.32. The molecule has 0 aromatic heterocycles. The van der Waals surface area contributed by atoms with E-state index >= 15 is 0 Å². The van der Waals surface area contributed by atoms with E-state index in [0.717, 1.165) is 27.1 Å². The molecule has 3 aromatic rings. The third-order valence-corrected chi connectivity index (χ3v) is 3.62. The van der Waals surface area contributed by atoms with Crippen LogP contribution in [0.4, 0.5) is 0 Å². The second kappa shape index (κ2) is 5.84. The number of esters is 1. The van der Waals surface area contributed by atoms with E-state index in [0.29, 0.717) is 5.57 Å². The van der Waals surface area contributed by atoms with Crippen LogP contribution in [-0.2, 0) is 14.3 Å². The van der Waals surface area contributed by atoms with Crippen LogP contribution in [0, 0.1) is 0 Å². The largest absolute Gasteiger partial charge is 0.460 e. The first-order valence-corrected chi connectivity index (χ1v) is 6.99. The van der Waals surface area contributed by atoms with Gasteiger partial charge in [-0.1, -0.05) is 48.5 Å². The van der Waals surface area contributed by atoms with Crippen molar-refractivity contribution in [1.82, 2.24) is 0 Å². The lowest BCUT2D eigenvalue weighted by Gasteiger charge is -2.12. The van der Waals surface area contributed by atoms with Crippen LogP contribution >= 0.6 is 0 Å². The minimum absolute atomic E-state index is 0.0726. The van der Waals surface area contributed by atoms with Gasteiger partial charge in [0.2, 0.25) is 0 Å². The van der Waals surface area contributed by atoms with Gasteiger partial charge in [-0.15, -0.1) is 0 Å². The third-order valence-electron chi connectivity index (χ3n) is 3.62. The summed E-state index contributed by atoms with van der Waals surface area (Å²) in [5, 5.41) is 3.97. The average Bonchev–Trinajstić information content (AvgIpc) is 2.54. The molecule has 108 valence electrons. The van der Waals surface area contributed by atoms with Gasteiger partial charge in [-0.25, -0.2) is 4.79 Å². The van der Waals surface area contributed by atoms with Crippen molar-refractivity contribution in [3.63, 3.8) is 0 Å². The van der Waals surface area contributed by atoms with Crippen molar-refractivity contribution in [2.24, 2.45) is 0 Å². The molecule has 3 heteroatoms. The maximum atomic E-state index is 11.5. The number of hydrogen-bond donors (Lipinski definition) is 0. The molecule has 0 aliphatic heterocycles. The van der Waals surface area contributed by atoms with Crippen molar-refractivity contribution in [3.8, 4) is 0 Å². The zero-order valence-electron chi connectivity index (χ0n) is 12.1. The van der Waals surface area contributed by atoms with Gasteiger partial charge in [-0.3, -0.25) is 4.79 Å². The minimum atomic E-state index is -0.419. The van der Waals surface area contributed by atoms with E-state index in [4.69, 9.17) is 4.74 Å². The molecule has 3 aromatic carbocycles. The van der Waals surface area contributed by atoms with Gasteiger partial charge >= 0.3 is 5.97 Å². The van der Waals surface area contributed by atoms with Gasteiger partial charge < -0.3 is 4.74 Å². The summed E-state index contributed by atoms with van der Waals surface area (Å²) in [5.41, 5.74) is 1.13. The van der Waals surface area contributed by atoms with Gasteiger partial charge in [0.25, 0.3) is 0 Å². The molecular weight excluding hydrogens is 276 g/mol. The van der Waals surface area contributed by atoms with E-state index in [1.165, 1.54) is 6.92 Å². The van der Waals surface area contributed by atoms with Gasteiger partial charge in [0, 0.05) is 12.5 Å². The lowest BCUT2D eigenvalue weighted by Crippen LogP contribution is -2.04. The second-order valence-electron chi connectivity index (χ2n) is 5.05. The number of ether oxygens (including phenoxy) is 1. The van der Waals surface area contributed by atoms with E-state index in [-0.39, 0.29) is 6.61 Å². The van der Waals surface area contributed by atoms with E-state index in [2.05, 4.69) is 6.07 Å². The summed E-state index contributed by atoms with van der Waals surface area (Å²) in [4.78, 5) is 22.5. The van der Waals surface area contributed by atoms with Crippen LogP contribution in [0.15, 0.2) is 54.6 Å². The average molecular weight is 290 g/mol. The third kappa shape index (κ3) is 2.50. The predicted octanol–water partition coefficient (Wildman–Crippen LogP) is 3.77. The minimum Gasteiger partial charge on any atom is -0.460 e. The number of hydrogen-bond acceptors (Lipinski definition) is 3. The fourth-order valence-electron chi connectivity index (χ4n) is 2.67. The molecule has 0 aliphatic carbocycles. The fraction of sp³-hybridized carbons (Fsp3) is 0.105. The van der Waals surface area contributed by atoms with Gasteiger partial charge in [0.1, 0.15) is 12.5 Å². The van der Waals surface area contributed by atoms with E-state index in [1.54, 1.807) is 0 Å². The van der Waals surface area contributed by atoms with Crippen molar-refractivity contribution in [2.45, 2.75) is 6.92 Å². The van der Waals surface area contributed by atoms with Crippen LogP contribution in [0.3, 0.4) is 0 Å². The SMILES string of the molecule is CC(=O)OCC(=C=O)c1c2ccccc2cc2ccccc12. The van der Waals surface area contributed by atoms with Crippen LogP contribution in [0.1, 0.15) is 12.5 Å². The van der Waals surface area contributed by atoms with Crippen molar-refractivity contribution in [3.05, 3.63) is 60.2 Å². The van der Waals surface area contributed by atoms with Crippen LogP contribution in [0.2, 0.25) is 0 Å². The molecule has 0 spiro atoms. The monoisotopic (exact) mass is 290 g/mol. The fourth-order valence-corrected chi connectivity index (χ4v) is 2.67. The van der Waals surface area contributed by atoms with Crippen LogP contribution in [-0.4, -0.2) is 18.5 Å². The molecule has 3 nitrogen and oxygen atoms in total. The predicted molar refractivity (Wildman–Crippen MR) is 87.2 cm³/mol. The molecule has 0 saturated heterocycles. The molecule has 0 bridgehead atoms. The quantitative estimate of drug-likeness (QED) is 0.419. The molecule has 0 heterocycles. The topological polar surface area (TPSA) is 43.4 Å².